The minimum atomic E-state index is -3.75. The third kappa shape index (κ3) is 2.11. The summed E-state index contributed by atoms with van der Waals surface area (Å²) in [5.41, 5.74) is 7.99. The van der Waals surface area contributed by atoms with Gasteiger partial charge in [-0.15, -0.1) is 5.10 Å². The summed E-state index contributed by atoms with van der Waals surface area (Å²) in [4.78, 5) is 0. The van der Waals surface area contributed by atoms with Crippen molar-refractivity contribution in [3.63, 3.8) is 0 Å². The number of aromatic nitrogens is 3. The lowest BCUT2D eigenvalue weighted by Gasteiger charge is -2.24. The number of aryl methyl sites for hydroxylation is 1. The van der Waals surface area contributed by atoms with Crippen LogP contribution < -0.4 is 10.0 Å². The zero-order valence-electron chi connectivity index (χ0n) is 11.5. The molecule has 1 aliphatic rings. The number of anilines is 2. The maximum absolute atomic E-state index is 13.0. The number of nitrogens with two attached hydrogens (primary N) is 1. The summed E-state index contributed by atoms with van der Waals surface area (Å²) in [7, 11) is -2.20. The normalized spacial score (nSPS) is 18.0. The van der Waals surface area contributed by atoms with Crippen LogP contribution in [0.1, 0.15) is 12.5 Å². The van der Waals surface area contributed by atoms with Gasteiger partial charge in [0.2, 0.25) is 5.03 Å². The van der Waals surface area contributed by atoms with Crippen molar-refractivity contribution in [2.75, 3.05) is 10.0 Å². The zero-order valence-corrected chi connectivity index (χ0v) is 13.9. The van der Waals surface area contributed by atoms with E-state index in [4.69, 9.17) is 5.73 Å². The zero-order chi connectivity index (χ0) is 15.4. The highest BCUT2D eigenvalue weighted by Crippen LogP contribution is 2.38. The molecule has 2 N–H and O–H groups in total. The first kappa shape index (κ1) is 14.3. The number of fused-ring (bicyclic) bond motifs is 1. The molecular weight excluding hydrogens is 358 g/mol. The summed E-state index contributed by atoms with van der Waals surface area (Å²) in [6.07, 6.45) is 0.627. The predicted molar refractivity (Wildman–Crippen MR) is 82.4 cm³/mol. The number of nitrogens with zero attached hydrogens (tertiary/aromatic N) is 4. The number of hydrogen-bond donors (Lipinski definition) is 1. The molecule has 1 aromatic heterocycles. The van der Waals surface area contributed by atoms with Crippen LogP contribution in [-0.2, 0) is 23.5 Å². The molecule has 7 nitrogen and oxygen atoms in total. The van der Waals surface area contributed by atoms with Gasteiger partial charge in [0.15, 0.2) is 4.60 Å². The maximum atomic E-state index is 13.0. The Kier molecular flexibility index (Phi) is 3.21. The van der Waals surface area contributed by atoms with Gasteiger partial charge in [-0.1, -0.05) is 5.21 Å². The van der Waals surface area contributed by atoms with Crippen molar-refractivity contribution in [1.29, 1.82) is 0 Å². The van der Waals surface area contributed by atoms with E-state index in [1.165, 1.54) is 8.99 Å². The average Bonchev–Trinajstić information content (AvgIpc) is 2.88. The number of rotatable bonds is 2. The molecule has 0 radical (unpaired) electrons. The van der Waals surface area contributed by atoms with E-state index in [2.05, 4.69) is 26.2 Å². The minimum absolute atomic E-state index is 0.0408. The molecule has 0 spiro atoms. The van der Waals surface area contributed by atoms with Gasteiger partial charge in [0.1, 0.15) is 0 Å². The fourth-order valence-electron chi connectivity index (χ4n) is 2.68. The molecule has 1 atom stereocenters. The van der Waals surface area contributed by atoms with Gasteiger partial charge >= 0.3 is 0 Å². The van der Waals surface area contributed by atoms with Crippen LogP contribution >= 0.6 is 15.9 Å². The van der Waals surface area contributed by atoms with Crippen molar-refractivity contribution in [2.45, 2.75) is 24.4 Å². The Labute approximate surface area is 130 Å². The van der Waals surface area contributed by atoms with E-state index in [0.29, 0.717) is 17.8 Å². The van der Waals surface area contributed by atoms with Crippen LogP contribution in [0.5, 0.6) is 0 Å². The average molecular weight is 372 g/mol. The van der Waals surface area contributed by atoms with Gasteiger partial charge in [-0.05, 0) is 53.0 Å². The van der Waals surface area contributed by atoms with Gasteiger partial charge in [0, 0.05) is 18.8 Å². The third-order valence-electron chi connectivity index (χ3n) is 3.50. The Bertz CT molecular complexity index is 798. The summed E-state index contributed by atoms with van der Waals surface area (Å²) in [6, 6.07) is 5.07. The molecule has 21 heavy (non-hydrogen) atoms. The molecule has 1 aromatic carbocycles. The lowest BCUT2D eigenvalue weighted by molar-refractivity contribution is 0.563. The van der Waals surface area contributed by atoms with Crippen LogP contribution in [0, 0.1) is 0 Å². The second-order valence-corrected chi connectivity index (χ2v) is 7.53. The number of sulfonamides is 1. The second kappa shape index (κ2) is 4.70. The number of benzene rings is 1. The van der Waals surface area contributed by atoms with E-state index in [1.807, 2.05) is 13.0 Å². The number of halogens is 1. The minimum Gasteiger partial charge on any atom is -0.399 e. The van der Waals surface area contributed by atoms with Gasteiger partial charge in [0.25, 0.3) is 10.0 Å². The first-order valence-corrected chi connectivity index (χ1v) is 8.53. The molecule has 0 saturated carbocycles. The molecule has 2 aromatic rings. The monoisotopic (exact) mass is 371 g/mol. The number of hydrogen-bond acceptors (Lipinski definition) is 5. The van der Waals surface area contributed by atoms with Crippen molar-refractivity contribution in [3.05, 3.63) is 28.4 Å². The van der Waals surface area contributed by atoms with E-state index in [-0.39, 0.29) is 15.7 Å². The van der Waals surface area contributed by atoms with Crippen LogP contribution in [0.15, 0.2) is 27.8 Å². The first-order chi connectivity index (χ1) is 9.82. The molecule has 9 heteroatoms. The van der Waals surface area contributed by atoms with Crippen molar-refractivity contribution < 1.29 is 8.42 Å². The Morgan fingerprint density at radius 3 is 2.76 bits per heavy atom. The van der Waals surface area contributed by atoms with Crippen molar-refractivity contribution in [2.24, 2.45) is 7.05 Å². The fourth-order valence-corrected chi connectivity index (χ4v) is 5.42. The molecule has 1 aliphatic heterocycles. The van der Waals surface area contributed by atoms with E-state index >= 15 is 0 Å². The van der Waals surface area contributed by atoms with Crippen LogP contribution in [0.2, 0.25) is 0 Å². The van der Waals surface area contributed by atoms with E-state index in [9.17, 15) is 8.42 Å². The molecule has 0 aliphatic carbocycles. The fraction of sp³-hybridized carbons (Fsp3) is 0.333. The molecule has 0 fully saturated rings. The van der Waals surface area contributed by atoms with Gasteiger partial charge in [-0.2, -0.15) is 8.42 Å². The van der Waals surface area contributed by atoms with Crippen molar-refractivity contribution in [1.82, 2.24) is 15.0 Å². The molecule has 1 unspecified atom stereocenters. The third-order valence-corrected chi connectivity index (χ3v) is 6.31. The van der Waals surface area contributed by atoms with Gasteiger partial charge in [-0.25, -0.2) is 4.68 Å². The smallest absolute Gasteiger partial charge is 0.284 e. The summed E-state index contributed by atoms with van der Waals surface area (Å²) < 4.78 is 28.8. The van der Waals surface area contributed by atoms with Crippen LogP contribution in [0.4, 0.5) is 11.4 Å². The maximum Gasteiger partial charge on any atom is 0.284 e. The van der Waals surface area contributed by atoms with E-state index < -0.39 is 10.0 Å². The standard InChI is InChI=1S/C12H14BrN5O2S/c1-7-5-8-6-9(14)3-4-10(8)18(7)21(19,20)12-11(13)15-16-17(12)2/h3-4,6-7H,5,14H2,1-2H3. The second-order valence-electron chi connectivity index (χ2n) is 5.05. The lowest BCUT2D eigenvalue weighted by Crippen LogP contribution is -2.36. The molecule has 0 bridgehead atoms. The largest absolute Gasteiger partial charge is 0.399 e. The summed E-state index contributed by atoms with van der Waals surface area (Å²) in [5, 5.41) is 7.54. The first-order valence-electron chi connectivity index (χ1n) is 6.30. The molecule has 0 amide bonds. The number of nitrogen functional groups attached to an aromatic ring is 1. The Balaban J connectivity index is 2.17. The summed E-state index contributed by atoms with van der Waals surface area (Å²) in [6.45, 7) is 1.87. The Hall–Kier alpha value is -1.61. The van der Waals surface area contributed by atoms with Crippen LogP contribution in [0.3, 0.4) is 0 Å². The summed E-state index contributed by atoms with van der Waals surface area (Å²) in [5.74, 6) is 0. The van der Waals surface area contributed by atoms with Gasteiger partial charge in [0.05, 0.1) is 5.69 Å². The van der Waals surface area contributed by atoms with Gasteiger partial charge < -0.3 is 5.73 Å². The van der Waals surface area contributed by atoms with Crippen LogP contribution in [0.25, 0.3) is 0 Å². The molecule has 0 saturated heterocycles. The lowest BCUT2D eigenvalue weighted by atomic mass is 10.1. The van der Waals surface area contributed by atoms with Crippen molar-refractivity contribution >= 4 is 37.3 Å². The quantitative estimate of drug-likeness (QED) is 0.802. The highest BCUT2D eigenvalue weighted by atomic mass is 79.9. The predicted octanol–water partition coefficient (Wildman–Crippen LogP) is 1.30. The topological polar surface area (TPSA) is 94.1 Å². The molecule has 2 heterocycles. The van der Waals surface area contributed by atoms with E-state index in [0.717, 1.165) is 5.56 Å². The molecular formula is C12H14BrN5O2S. The van der Waals surface area contributed by atoms with E-state index in [1.54, 1.807) is 19.2 Å². The highest BCUT2D eigenvalue weighted by Gasteiger charge is 2.39. The summed E-state index contributed by atoms with van der Waals surface area (Å²) >= 11 is 3.15. The Morgan fingerprint density at radius 1 is 1.43 bits per heavy atom. The molecule has 112 valence electrons. The SMILES string of the molecule is CC1Cc2cc(N)ccc2N1S(=O)(=O)c1c(Br)nnn1C. The van der Waals surface area contributed by atoms with Crippen molar-refractivity contribution in [3.8, 4) is 0 Å². The van der Waals surface area contributed by atoms with Gasteiger partial charge in [-0.3, -0.25) is 4.31 Å². The highest BCUT2D eigenvalue weighted by molar-refractivity contribution is 9.10. The Morgan fingerprint density at radius 2 is 2.14 bits per heavy atom. The van der Waals surface area contributed by atoms with Crippen LogP contribution in [-0.4, -0.2) is 29.5 Å². The molecule has 3 rings (SSSR count).